The van der Waals surface area contributed by atoms with Crippen molar-refractivity contribution < 1.29 is 14.3 Å². The van der Waals surface area contributed by atoms with Crippen molar-refractivity contribution in [2.45, 2.75) is 20.4 Å². The van der Waals surface area contributed by atoms with E-state index in [2.05, 4.69) is 9.97 Å². The average Bonchev–Trinajstić information content (AvgIpc) is 2.74. The second-order valence-corrected chi connectivity index (χ2v) is 4.36. The molecule has 2 aromatic heterocycles. The lowest BCUT2D eigenvalue weighted by Gasteiger charge is -2.17. The van der Waals surface area contributed by atoms with Crippen LogP contribution >= 0.6 is 0 Å². The van der Waals surface area contributed by atoms with Gasteiger partial charge in [0.1, 0.15) is 5.76 Å². The van der Waals surface area contributed by atoms with Gasteiger partial charge in [-0.1, -0.05) is 0 Å². The number of hydrogen-bond donors (Lipinski definition) is 1. The van der Waals surface area contributed by atoms with E-state index in [0.717, 1.165) is 11.3 Å². The fourth-order valence-corrected chi connectivity index (χ4v) is 1.73. The maximum Gasteiger partial charge on any atom is 0.354 e. The van der Waals surface area contributed by atoms with Crippen LogP contribution in [-0.4, -0.2) is 28.1 Å². The summed E-state index contributed by atoms with van der Waals surface area (Å²) in [5.41, 5.74) is 1.64. The first-order valence-electron chi connectivity index (χ1n) is 5.80. The van der Waals surface area contributed by atoms with Crippen LogP contribution in [0.4, 0.5) is 5.95 Å². The molecular weight excluding hydrogens is 246 g/mol. The number of rotatable bonds is 4. The van der Waals surface area contributed by atoms with Crippen LogP contribution in [-0.2, 0) is 6.54 Å². The van der Waals surface area contributed by atoms with Crippen molar-refractivity contribution in [3.63, 3.8) is 0 Å². The van der Waals surface area contributed by atoms with Crippen LogP contribution in [0.15, 0.2) is 22.8 Å². The molecule has 2 aromatic rings. The number of aromatic nitrogens is 2. The second kappa shape index (κ2) is 5.09. The first-order valence-corrected chi connectivity index (χ1v) is 5.80. The molecule has 19 heavy (non-hydrogen) atoms. The van der Waals surface area contributed by atoms with Crippen molar-refractivity contribution in [1.29, 1.82) is 0 Å². The monoisotopic (exact) mass is 261 g/mol. The maximum atomic E-state index is 11.0. The highest BCUT2D eigenvalue weighted by atomic mass is 16.4. The van der Waals surface area contributed by atoms with Gasteiger partial charge in [-0.15, -0.1) is 0 Å². The molecule has 6 nitrogen and oxygen atoms in total. The highest BCUT2D eigenvalue weighted by molar-refractivity contribution is 5.85. The first-order chi connectivity index (χ1) is 8.97. The first kappa shape index (κ1) is 13.1. The van der Waals surface area contributed by atoms with Gasteiger partial charge in [0.2, 0.25) is 5.95 Å². The molecule has 0 aliphatic heterocycles. The van der Waals surface area contributed by atoms with Gasteiger partial charge in [-0.05, 0) is 26.0 Å². The van der Waals surface area contributed by atoms with Gasteiger partial charge in [-0.25, -0.2) is 14.8 Å². The van der Waals surface area contributed by atoms with Crippen molar-refractivity contribution in [3.05, 3.63) is 41.1 Å². The van der Waals surface area contributed by atoms with Gasteiger partial charge in [0, 0.05) is 24.8 Å². The van der Waals surface area contributed by atoms with E-state index in [-0.39, 0.29) is 5.69 Å². The van der Waals surface area contributed by atoms with Gasteiger partial charge in [-0.3, -0.25) is 0 Å². The largest absolute Gasteiger partial charge is 0.477 e. The summed E-state index contributed by atoms with van der Waals surface area (Å²) >= 11 is 0. The van der Waals surface area contributed by atoms with Gasteiger partial charge >= 0.3 is 5.97 Å². The number of carboxylic acid groups (broad SMARTS) is 1. The molecule has 100 valence electrons. The number of carbonyl (C=O) groups is 1. The molecule has 0 atom stereocenters. The van der Waals surface area contributed by atoms with Crippen LogP contribution in [0.1, 0.15) is 27.5 Å². The number of carboxylic acids is 1. The molecule has 0 saturated heterocycles. The third-order valence-corrected chi connectivity index (χ3v) is 2.78. The summed E-state index contributed by atoms with van der Waals surface area (Å²) in [6.07, 6.45) is 1.62. The summed E-state index contributed by atoms with van der Waals surface area (Å²) in [6.45, 7) is 4.18. The number of aryl methyl sites for hydroxylation is 2. The minimum Gasteiger partial charge on any atom is -0.477 e. The third kappa shape index (κ3) is 2.90. The fraction of sp³-hybridized carbons (Fsp3) is 0.308. The number of aromatic carboxylic acids is 1. The molecule has 0 saturated carbocycles. The van der Waals surface area contributed by atoms with E-state index in [9.17, 15) is 4.79 Å². The van der Waals surface area contributed by atoms with Crippen LogP contribution in [0.25, 0.3) is 0 Å². The third-order valence-electron chi connectivity index (χ3n) is 2.78. The Bertz CT molecular complexity index is 607. The summed E-state index contributed by atoms with van der Waals surface area (Å²) < 4.78 is 5.23. The van der Waals surface area contributed by atoms with E-state index in [1.807, 2.05) is 20.0 Å². The Hall–Kier alpha value is -2.37. The van der Waals surface area contributed by atoms with Crippen molar-refractivity contribution in [3.8, 4) is 0 Å². The molecule has 2 rings (SSSR count). The Morgan fingerprint density at radius 3 is 2.74 bits per heavy atom. The molecule has 6 heteroatoms. The number of anilines is 1. The molecule has 0 fully saturated rings. The maximum absolute atomic E-state index is 11.0. The normalized spacial score (nSPS) is 10.5. The van der Waals surface area contributed by atoms with Crippen molar-refractivity contribution >= 4 is 11.9 Å². The van der Waals surface area contributed by atoms with Crippen molar-refractivity contribution in [2.24, 2.45) is 0 Å². The van der Waals surface area contributed by atoms with Crippen LogP contribution < -0.4 is 4.90 Å². The lowest BCUT2D eigenvalue weighted by Crippen LogP contribution is -2.21. The summed E-state index contributed by atoms with van der Waals surface area (Å²) in [5, 5.41) is 8.99. The highest BCUT2D eigenvalue weighted by Crippen LogP contribution is 2.15. The molecule has 0 aliphatic carbocycles. The Kier molecular flexibility index (Phi) is 3.50. The second-order valence-electron chi connectivity index (χ2n) is 4.36. The van der Waals surface area contributed by atoms with Gasteiger partial charge < -0.3 is 14.4 Å². The van der Waals surface area contributed by atoms with Crippen LogP contribution in [0, 0.1) is 13.8 Å². The number of hydrogen-bond acceptors (Lipinski definition) is 5. The standard InChI is InChI=1S/C13H15N3O3/c1-8-6-11(12(17)18)15-13(14-8)16(3)7-10-4-5-19-9(10)2/h4-6H,7H2,1-3H3,(H,17,18). The van der Waals surface area contributed by atoms with Crippen molar-refractivity contribution in [2.75, 3.05) is 11.9 Å². The molecule has 0 aromatic carbocycles. The number of furan rings is 1. The minimum absolute atomic E-state index is 0.00161. The Morgan fingerprint density at radius 2 is 2.16 bits per heavy atom. The predicted molar refractivity (Wildman–Crippen MR) is 69.3 cm³/mol. The van der Waals surface area contributed by atoms with Gasteiger partial charge in [0.15, 0.2) is 5.69 Å². The zero-order valence-electron chi connectivity index (χ0n) is 11.0. The summed E-state index contributed by atoms with van der Waals surface area (Å²) in [5.74, 6) is 0.163. The average molecular weight is 261 g/mol. The van der Waals surface area contributed by atoms with Crippen molar-refractivity contribution in [1.82, 2.24) is 9.97 Å². The lowest BCUT2D eigenvalue weighted by atomic mass is 10.2. The Balaban J connectivity index is 2.26. The van der Waals surface area contributed by atoms with Gasteiger partial charge in [0.25, 0.3) is 0 Å². The van der Waals surface area contributed by atoms with E-state index in [4.69, 9.17) is 9.52 Å². The molecule has 0 aliphatic rings. The van der Waals surface area contributed by atoms with E-state index in [1.54, 1.807) is 18.1 Å². The quantitative estimate of drug-likeness (QED) is 0.907. The SMILES string of the molecule is Cc1cc(C(=O)O)nc(N(C)Cc2ccoc2C)n1. The van der Waals surface area contributed by atoms with Crippen LogP contribution in [0.2, 0.25) is 0 Å². The van der Waals surface area contributed by atoms with Crippen LogP contribution in [0.3, 0.4) is 0 Å². The predicted octanol–water partition coefficient (Wildman–Crippen LogP) is 2.02. The van der Waals surface area contributed by atoms with E-state index in [1.165, 1.54) is 6.07 Å². The molecule has 2 heterocycles. The molecular formula is C13H15N3O3. The van der Waals surface area contributed by atoms with E-state index >= 15 is 0 Å². The lowest BCUT2D eigenvalue weighted by molar-refractivity contribution is 0.0690. The fourth-order valence-electron chi connectivity index (χ4n) is 1.73. The number of nitrogens with zero attached hydrogens (tertiary/aromatic N) is 3. The van der Waals surface area contributed by atoms with E-state index in [0.29, 0.717) is 18.2 Å². The van der Waals surface area contributed by atoms with Gasteiger partial charge in [-0.2, -0.15) is 0 Å². The molecule has 1 N–H and O–H groups in total. The van der Waals surface area contributed by atoms with E-state index < -0.39 is 5.97 Å². The zero-order chi connectivity index (χ0) is 14.0. The summed E-state index contributed by atoms with van der Waals surface area (Å²) in [6, 6.07) is 3.32. The highest BCUT2D eigenvalue weighted by Gasteiger charge is 2.13. The molecule has 0 amide bonds. The summed E-state index contributed by atoms with van der Waals surface area (Å²) in [4.78, 5) is 21.0. The molecule has 0 radical (unpaired) electrons. The topological polar surface area (TPSA) is 79.5 Å². The van der Waals surface area contributed by atoms with Crippen LogP contribution in [0.5, 0.6) is 0 Å². The smallest absolute Gasteiger partial charge is 0.354 e. The molecule has 0 spiro atoms. The summed E-state index contributed by atoms with van der Waals surface area (Å²) in [7, 11) is 1.81. The zero-order valence-corrected chi connectivity index (χ0v) is 11.0. The Morgan fingerprint density at radius 1 is 1.42 bits per heavy atom. The van der Waals surface area contributed by atoms with Gasteiger partial charge in [0.05, 0.1) is 6.26 Å². The minimum atomic E-state index is -1.06. The molecule has 0 unspecified atom stereocenters. The molecule has 0 bridgehead atoms. The Labute approximate surface area is 110 Å².